The second-order valence-corrected chi connectivity index (χ2v) is 7.18. The van der Waals surface area contributed by atoms with Crippen molar-refractivity contribution in [2.24, 2.45) is 10.9 Å². The summed E-state index contributed by atoms with van der Waals surface area (Å²) < 4.78 is 0. The van der Waals surface area contributed by atoms with E-state index in [0.717, 1.165) is 25.0 Å². The molecule has 6 heteroatoms. The molecule has 2 aliphatic heterocycles. The highest BCUT2D eigenvalue weighted by atomic mass is 127. The molecule has 0 saturated carbocycles. The van der Waals surface area contributed by atoms with Crippen LogP contribution in [0, 0.1) is 5.92 Å². The van der Waals surface area contributed by atoms with Crippen LogP contribution in [0.5, 0.6) is 0 Å². The Labute approximate surface area is 157 Å². The SMILES string of the molecule is CCNC(=NCCCSC)N1CCC(CN2CCCC2)C1.I. The molecule has 0 amide bonds. The molecule has 2 heterocycles. The molecule has 4 nitrogen and oxygen atoms in total. The molecule has 0 aromatic rings. The number of likely N-dealkylation sites (tertiary alicyclic amines) is 2. The predicted octanol–water partition coefficient (Wildman–Crippen LogP) is 2.74. The van der Waals surface area contributed by atoms with Crippen molar-refractivity contribution in [3.8, 4) is 0 Å². The number of aliphatic imine (C=N–C) groups is 1. The van der Waals surface area contributed by atoms with Gasteiger partial charge >= 0.3 is 0 Å². The van der Waals surface area contributed by atoms with Crippen molar-refractivity contribution in [3.05, 3.63) is 0 Å². The van der Waals surface area contributed by atoms with Crippen LogP contribution < -0.4 is 5.32 Å². The van der Waals surface area contributed by atoms with Crippen molar-refractivity contribution in [1.82, 2.24) is 15.1 Å². The van der Waals surface area contributed by atoms with Gasteiger partial charge in [0.2, 0.25) is 0 Å². The van der Waals surface area contributed by atoms with Gasteiger partial charge in [0.15, 0.2) is 5.96 Å². The lowest BCUT2D eigenvalue weighted by Gasteiger charge is -2.23. The van der Waals surface area contributed by atoms with Crippen molar-refractivity contribution in [1.29, 1.82) is 0 Å². The quantitative estimate of drug-likeness (QED) is 0.286. The fraction of sp³-hybridized carbons (Fsp3) is 0.938. The van der Waals surface area contributed by atoms with E-state index in [-0.39, 0.29) is 24.0 Å². The molecule has 1 N–H and O–H groups in total. The summed E-state index contributed by atoms with van der Waals surface area (Å²) >= 11 is 1.91. The third-order valence-electron chi connectivity index (χ3n) is 4.40. The minimum absolute atomic E-state index is 0. The predicted molar refractivity (Wildman–Crippen MR) is 110 cm³/mol. The van der Waals surface area contributed by atoms with E-state index in [1.807, 2.05) is 11.8 Å². The Morgan fingerprint density at radius 3 is 2.73 bits per heavy atom. The van der Waals surface area contributed by atoms with Crippen LogP contribution in [-0.2, 0) is 0 Å². The molecular formula is C16H33IN4S. The first kappa shape index (κ1) is 20.4. The van der Waals surface area contributed by atoms with E-state index in [4.69, 9.17) is 4.99 Å². The summed E-state index contributed by atoms with van der Waals surface area (Å²) in [7, 11) is 0. The second kappa shape index (κ2) is 11.8. The van der Waals surface area contributed by atoms with E-state index in [1.165, 1.54) is 64.2 Å². The molecule has 130 valence electrons. The van der Waals surface area contributed by atoms with Gasteiger partial charge in [-0.05, 0) is 63.6 Å². The van der Waals surface area contributed by atoms with Crippen molar-refractivity contribution in [2.45, 2.75) is 32.6 Å². The molecule has 0 spiro atoms. The number of hydrogen-bond donors (Lipinski definition) is 1. The van der Waals surface area contributed by atoms with Gasteiger partial charge in [0.05, 0.1) is 0 Å². The third kappa shape index (κ3) is 6.83. The normalized spacial score (nSPS) is 22.9. The highest BCUT2D eigenvalue weighted by molar-refractivity contribution is 14.0. The summed E-state index contributed by atoms with van der Waals surface area (Å²) in [5, 5.41) is 3.47. The fourth-order valence-electron chi connectivity index (χ4n) is 3.32. The zero-order valence-electron chi connectivity index (χ0n) is 14.2. The number of nitrogens with one attached hydrogen (secondary N) is 1. The molecule has 2 fully saturated rings. The molecule has 1 atom stereocenters. The van der Waals surface area contributed by atoms with Crippen LogP contribution in [0.2, 0.25) is 0 Å². The van der Waals surface area contributed by atoms with Crippen LogP contribution >= 0.6 is 35.7 Å². The Hall–Kier alpha value is 0.310. The largest absolute Gasteiger partial charge is 0.357 e. The molecule has 0 bridgehead atoms. The average Bonchev–Trinajstić information content (AvgIpc) is 3.15. The molecule has 0 aliphatic carbocycles. The Bertz CT molecular complexity index is 321. The standard InChI is InChI=1S/C16H32N4S.HI/c1-3-17-16(18-8-6-12-21-2)20-11-7-15(14-20)13-19-9-4-5-10-19;/h15H,3-14H2,1-2H3,(H,17,18);1H. The van der Waals surface area contributed by atoms with E-state index in [9.17, 15) is 0 Å². The lowest BCUT2D eigenvalue weighted by molar-refractivity contribution is 0.281. The van der Waals surface area contributed by atoms with Gasteiger partial charge < -0.3 is 15.1 Å². The van der Waals surface area contributed by atoms with E-state index in [0.29, 0.717) is 0 Å². The monoisotopic (exact) mass is 440 g/mol. The van der Waals surface area contributed by atoms with Gasteiger partial charge in [-0.1, -0.05) is 0 Å². The Kier molecular flexibility index (Phi) is 10.9. The minimum Gasteiger partial charge on any atom is -0.357 e. The number of guanidine groups is 1. The van der Waals surface area contributed by atoms with Gasteiger partial charge in [0, 0.05) is 32.7 Å². The smallest absolute Gasteiger partial charge is 0.193 e. The fourth-order valence-corrected chi connectivity index (χ4v) is 3.74. The van der Waals surface area contributed by atoms with Crippen molar-refractivity contribution >= 4 is 41.7 Å². The molecule has 2 saturated heterocycles. The first-order chi connectivity index (χ1) is 10.3. The minimum atomic E-state index is 0. The molecule has 0 aromatic carbocycles. The lowest BCUT2D eigenvalue weighted by atomic mass is 10.1. The molecule has 22 heavy (non-hydrogen) atoms. The van der Waals surface area contributed by atoms with E-state index < -0.39 is 0 Å². The maximum atomic E-state index is 4.80. The summed E-state index contributed by atoms with van der Waals surface area (Å²) in [5.41, 5.74) is 0. The first-order valence-corrected chi connectivity index (χ1v) is 9.97. The zero-order valence-corrected chi connectivity index (χ0v) is 17.4. The zero-order chi connectivity index (χ0) is 14.9. The van der Waals surface area contributed by atoms with Crippen molar-refractivity contribution < 1.29 is 0 Å². The second-order valence-electron chi connectivity index (χ2n) is 6.19. The Morgan fingerprint density at radius 2 is 2.05 bits per heavy atom. The highest BCUT2D eigenvalue weighted by Crippen LogP contribution is 2.20. The highest BCUT2D eigenvalue weighted by Gasteiger charge is 2.27. The van der Waals surface area contributed by atoms with Crippen LogP contribution in [0.1, 0.15) is 32.6 Å². The van der Waals surface area contributed by atoms with Gasteiger partial charge in [-0.3, -0.25) is 4.99 Å². The summed E-state index contributed by atoms with van der Waals surface area (Å²) in [6, 6.07) is 0. The van der Waals surface area contributed by atoms with Crippen LogP contribution in [-0.4, -0.2) is 73.6 Å². The third-order valence-corrected chi connectivity index (χ3v) is 5.10. The summed E-state index contributed by atoms with van der Waals surface area (Å²) in [6.45, 7) is 10.4. The summed E-state index contributed by atoms with van der Waals surface area (Å²) in [4.78, 5) is 9.93. The maximum absolute atomic E-state index is 4.80. The summed E-state index contributed by atoms with van der Waals surface area (Å²) in [6.07, 6.45) is 7.47. The molecular weight excluding hydrogens is 407 g/mol. The van der Waals surface area contributed by atoms with E-state index in [1.54, 1.807) is 0 Å². The number of halogens is 1. The van der Waals surface area contributed by atoms with Gasteiger partial charge in [0.25, 0.3) is 0 Å². The number of thioether (sulfide) groups is 1. The topological polar surface area (TPSA) is 30.9 Å². The van der Waals surface area contributed by atoms with Gasteiger partial charge in [-0.25, -0.2) is 0 Å². The Balaban J connectivity index is 0.00000242. The summed E-state index contributed by atoms with van der Waals surface area (Å²) in [5.74, 6) is 3.18. The number of nitrogens with zero attached hydrogens (tertiary/aromatic N) is 3. The van der Waals surface area contributed by atoms with E-state index in [2.05, 4.69) is 28.3 Å². The van der Waals surface area contributed by atoms with Crippen molar-refractivity contribution in [3.63, 3.8) is 0 Å². The maximum Gasteiger partial charge on any atom is 0.193 e. The van der Waals surface area contributed by atoms with Gasteiger partial charge in [-0.15, -0.1) is 24.0 Å². The molecule has 2 aliphatic rings. The average molecular weight is 440 g/mol. The molecule has 0 radical (unpaired) electrons. The van der Waals surface area contributed by atoms with Crippen LogP contribution in [0.25, 0.3) is 0 Å². The lowest BCUT2D eigenvalue weighted by Crippen LogP contribution is -2.40. The molecule has 1 unspecified atom stereocenters. The van der Waals surface area contributed by atoms with Crippen LogP contribution in [0.15, 0.2) is 4.99 Å². The van der Waals surface area contributed by atoms with Crippen molar-refractivity contribution in [2.75, 3.05) is 57.8 Å². The van der Waals surface area contributed by atoms with Crippen LogP contribution in [0.3, 0.4) is 0 Å². The van der Waals surface area contributed by atoms with Crippen LogP contribution in [0.4, 0.5) is 0 Å². The molecule has 2 rings (SSSR count). The number of rotatable bonds is 7. The first-order valence-electron chi connectivity index (χ1n) is 8.58. The Morgan fingerprint density at radius 1 is 1.27 bits per heavy atom. The van der Waals surface area contributed by atoms with Gasteiger partial charge in [0.1, 0.15) is 0 Å². The molecule has 0 aromatic heterocycles. The van der Waals surface area contributed by atoms with E-state index >= 15 is 0 Å². The number of hydrogen-bond acceptors (Lipinski definition) is 3. The van der Waals surface area contributed by atoms with Gasteiger partial charge in [-0.2, -0.15) is 11.8 Å².